The number of rotatable bonds is 4. The third-order valence-corrected chi connectivity index (χ3v) is 3.55. The molecule has 0 aromatic heterocycles. The summed E-state index contributed by atoms with van der Waals surface area (Å²) in [5, 5.41) is 14.8. The molecular formula is C12H17Cl2N3O2. The zero-order chi connectivity index (χ0) is 13.1. The van der Waals surface area contributed by atoms with Gasteiger partial charge in [0.25, 0.3) is 5.69 Å². The van der Waals surface area contributed by atoms with E-state index in [2.05, 4.69) is 10.2 Å². The van der Waals surface area contributed by atoms with Gasteiger partial charge in [0.15, 0.2) is 0 Å². The number of nitrogens with one attached hydrogen (secondary N) is 1. The lowest BCUT2D eigenvalue weighted by atomic mass is 10.1. The molecule has 0 amide bonds. The van der Waals surface area contributed by atoms with Crippen LogP contribution in [0.2, 0.25) is 5.02 Å². The summed E-state index contributed by atoms with van der Waals surface area (Å²) < 4.78 is 0. The van der Waals surface area contributed by atoms with E-state index in [4.69, 9.17) is 11.6 Å². The Bertz CT molecular complexity index is 451. The Labute approximate surface area is 123 Å². The lowest BCUT2D eigenvalue weighted by Gasteiger charge is -2.23. The molecule has 1 unspecified atom stereocenters. The summed E-state index contributed by atoms with van der Waals surface area (Å²) >= 11 is 5.91. The Morgan fingerprint density at radius 2 is 2.32 bits per heavy atom. The van der Waals surface area contributed by atoms with Gasteiger partial charge in [-0.2, -0.15) is 0 Å². The second kappa shape index (κ2) is 7.05. The third kappa shape index (κ3) is 4.04. The smallest absolute Gasteiger partial charge is 0.273 e. The van der Waals surface area contributed by atoms with Crippen LogP contribution in [0.25, 0.3) is 0 Å². The SMILES string of the molecule is CN(Cc1cc(Cl)ccc1[N+](=O)[O-])C1CCNC1.Cl. The summed E-state index contributed by atoms with van der Waals surface area (Å²) in [6, 6.07) is 5.14. The van der Waals surface area contributed by atoms with E-state index in [-0.39, 0.29) is 23.0 Å². The quantitative estimate of drug-likeness (QED) is 0.686. The average molecular weight is 306 g/mol. The van der Waals surface area contributed by atoms with Gasteiger partial charge in [-0.15, -0.1) is 12.4 Å². The van der Waals surface area contributed by atoms with E-state index in [1.165, 1.54) is 6.07 Å². The Morgan fingerprint density at radius 1 is 1.58 bits per heavy atom. The summed E-state index contributed by atoms with van der Waals surface area (Å²) in [6.45, 7) is 2.49. The molecule has 7 heteroatoms. The molecule has 0 radical (unpaired) electrons. The van der Waals surface area contributed by atoms with Gasteiger partial charge < -0.3 is 5.32 Å². The zero-order valence-electron chi connectivity index (χ0n) is 10.6. The first kappa shape index (κ1) is 16.2. The number of hydrogen-bond acceptors (Lipinski definition) is 4. The summed E-state index contributed by atoms with van der Waals surface area (Å²) in [5.41, 5.74) is 0.805. The van der Waals surface area contributed by atoms with Crippen LogP contribution in [0.1, 0.15) is 12.0 Å². The number of benzene rings is 1. The van der Waals surface area contributed by atoms with Gasteiger partial charge in [-0.3, -0.25) is 15.0 Å². The molecule has 106 valence electrons. The highest BCUT2D eigenvalue weighted by molar-refractivity contribution is 6.30. The molecule has 1 N–H and O–H groups in total. The summed E-state index contributed by atoms with van der Waals surface area (Å²) in [4.78, 5) is 12.8. The monoisotopic (exact) mass is 305 g/mol. The maximum atomic E-state index is 11.0. The molecule has 1 aliphatic heterocycles. The predicted octanol–water partition coefficient (Wildman–Crippen LogP) is 2.46. The van der Waals surface area contributed by atoms with Gasteiger partial charge in [0.2, 0.25) is 0 Å². The van der Waals surface area contributed by atoms with E-state index < -0.39 is 0 Å². The molecule has 5 nitrogen and oxygen atoms in total. The summed E-state index contributed by atoms with van der Waals surface area (Å²) in [5.74, 6) is 0. The molecule has 1 fully saturated rings. The van der Waals surface area contributed by atoms with Crippen LogP contribution in [0.5, 0.6) is 0 Å². The van der Waals surface area contributed by atoms with Crippen molar-refractivity contribution >= 4 is 29.7 Å². The van der Waals surface area contributed by atoms with Crippen LogP contribution in [-0.4, -0.2) is 36.0 Å². The van der Waals surface area contributed by atoms with Gasteiger partial charge >= 0.3 is 0 Å². The highest BCUT2D eigenvalue weighted by Gasteiger charge is 2.22. The maximum Gasteiger partial charge on any atom is 0.273 e. The summed E-state index contributed by atoms with van der Waals surface area (Å²) in [6.07, 6.45) is 1.07. The normalized spacial score (nSPS) is 18.4. The Morgan fingerprint density at radius 3 is 2.89 bits per heavy atom. The van der Waals surface area contributed by atoms with Gasteiger partial charge in [0.05, 0.1) is 4.92 Å². The van der Waals surface area contributed by atoms with Crippen molar-refractivity contribution in [3.05, 3.63) is 38.9 Å². The molecule has 1 saturated heterocycles. The third-order valence-electron chi connectivity index (χ3n) is 3.32. The Balaban J connectivity index is 0.00000180. The minimum atomic E-state index is -0.355. The lowest BCUT2D eigenvalue weighted by molar-refractivity contribution is -0.385. The van der Waals surface area contributed by atoms with E-state index in [9.17, 15) is 10.1 Å². The number of hydrogen-bond donors (Lipinski definition) is 1. The van der Waals surface area contributed by atoms with Crippen molar-refractivity contribution in [1.82, 2.24) is 10.2 Å². The first-order valence-corrected chi connectivity index (χ1v) is 6.29. The van der Waals surface area contributed by atoms with Crippen molar-refractivity contribution in [2.45, 2.75) is 19.0 Å². The van der Waals surface area contributed by atoms with E-state index >= 15 is 0 Å². The molecular weight excluding hydrogens is 289 g/mol. The molecule has 0 aliphatic carbocycles. The lowest BCUT2D eigenvalue weighted by Crippen LogP contribution is -2.33. The number of nitro benzene ring substituents is 1. The second-order valence-corrected chi connectivity index (χ2v) is 5.03. The molecule has 19 heavy (non-hydrogen) atoms. The standard InChI is InChI=1S/C12H16ClN3O2.ClH/c1-15(11-4-5-14-7-11)8-9-6-10(13)2-3-12(9)16(17)18;/h2-3,6,11,14H,4-5,7-8H2,1H3;1H. The van der Waals surface area contributed by atoms with Crippen LogP contribution in [0, 0.1) is 10.1 Å². The minimum absolute atomic E-state index is 0. The van der Waals surface area contributed by atoms with E-state index in [0.717, 1.165) is 19.5 Å². The molecule has 0 saturated carbocycles. The molecule has 1 aromatic rings. The fraction of sp³-hybridized carbons (Fsp3) is 0.500. The summed E-state index contributed by atoms with van der Waals surface area (Å²) in [7, 11) is 1.99. The molecule has 0 spiro atoms. The van der Waals surface area contributed by atoms with Gasteiger partial charge in [-0.05, 0) is 32.1 Å². The van der Waals surface area contributed by atoms with Gasteiger partial charge in [-0.1, -0.05) is 11.6 Å². The first-order valence-electron chi connectivity index (χ1n) is 5.91. The topological polar surface area (TPSA) is 58.4 Å². The predicted molar refractivity (Wildman–Crippen MR) is 78.1 cm³/mol. The second-order valence-electron chi connectivity index (χ2n) is 4.59. The largest absolute Gasteiger partial charge is 0.315 e. The van der Waals surface area contributed by atoms with E-state index in [1.807, 2.05) is 7.05 Å². The number of halogens is 2. The van der Waals surface area contributed by atoms with Gasteiger partial charge in [0, 0.05) is 35.8 Å². The zero-order valence-corrected chi connectivity index (χ0v) is 12.2. The molecule has 1 aliphatic rings. The number of nitrogens with zero attached hydrogens (tertiary/aromatic N) is 2. The fourth-order valence-electron chi connectivity index (χ4n) is 2.27. The van der Waals surface area contributed by atoms with Gasteiger partial charge in [0.1, 0.15) is 0 Å². The van der Waals surface area contributed by atoms with Crippen LogP contribution >= 0.6 is 24.0 Å². The Hall–Kier alpha value is -0.880. The fourth-order valence-corrected chi connectivity index (χ4v) is 2.47. The van der Waals surface area contributed by atoms with Gasteiger partial charge in [-0.25, -0.2) is 0 Å². The highest BCUT2D eigenvalue weighted by atomic mass is 35.5. The highest BCUT2D eigenvalue weighted by Crippen LogP contribution is 2.24. The molecule has 1 heterocycles. The van der Waals surface area contributed by atoms with Crippen molar-refractivity contribution in [2.24, 2.45) is 0 Å². The number of nitro groups is 1. The average Bonchev–Trinajstić information content (AvgIpc) is 2.81. The van der Waals surface area contributed by atoms with Crippen LogP contribution in [0.3, 0.4) is 0 Å². The van der Waals surface area contributed by atoms with Crippen molar-refractivity contribution in [2.75, 3.05) is 20.1 Å². The van der Waals surface area contributed by atoms with Crippen molar-refractivity contribution in [3.63, 3.8) is 0 Å². The van der Waals surface area contributed by atoms with Crippen LogP contribution in [0.15, 0.2) is 18.2 Å². The first-order chi connectivity index (χ1) is 8.58. The van der Waals surface area contributed by atoms with Crippen LogP contribution in [0.4, 0.5) is 5.69 Å². The number of likely N-dealkylation sites (N-methyl/N-ethyl adjacent to an activating group) is 1. The Kier molecular flexibility index (Phi) is 6.00. The van der Waals surface area contributed by atoms with Crippen molar-refractivity contribution in [1.29, 1.82) is 0 Å². The van der Waals surface area contributed by atoms with E-state index in [0.29, 0.717) is 23.2 Å². The van der Waals surface area contributed by atoms with Crippen LogP contribution < -0.4 is 5.32 Å². The molecule has 0 bridgehead atoms. The van der Waals surface area contributed by atoms with E-state index in [1.54, 1.807) is 12.1 Å². The minimum Gasteiger partial charge on any atom is -0.315 e. The molecule has 1 aromatic carbocycles. The maximum absolute atomic E-state index is 11.0. The molecule has 1 atom stereocenters. The molecule has 2 rings (SSSR count). The van der Waals surface area contributed by atoms with Crippen molar-refractivity contribution in [3.8, 4) is 0 Å². The van der Waals surface area contributed by atoms with Crippen LogP contribution in [-0.2, 0) is 6.54 Å². The van der Waals surface area contributed by atoms with Crippen molar-refractivity contribution < 1.29 is 4.92 Å².